The van der Waals surface area contributed by atoms with Crippen LogP contribution in [-0.2, 0) is 15.1 Å². The smallest absolute Gasteiger partial charge is 0.123 e. The normalized spacial score (nSPS) is 10.6. The van der Waals surface area contributed by atoms with Crippen LogP contribution >= 0.6 is 24.1 Å². The molecular formula is C14H12F2OS2. The van der Waals surface area contributed by atoms with E-state index in [1.54, 1.807) is 12.1 Å². The van der Waals surface area contributed by atoms with Gasteiger partial charge in [0.15, 0.2) is 0 Å². The molecule has 2 aromatic rings. The molecule has 0 N–H and O–H groups in total. The number of hydrogen-bond acceptors (Lipinski definition) is 3. The second-order valence-electron chi connectivity index (χ2n) is 3.85. The molecule has 0 radical (unpaired) electrons. The van der Waals surface area contributed by atoms with Crippen molar-refractivity contribution in [3.05, 3.63) is 71.3 Å². The topological polar surface area (TPSA) is 9.23 Å². The van der Waals surface area contributed by atoms with Gasteiger partial charge < -0.3 is 0 Å². The Kier molecular flexibility index (Phi) is 5.69. The van der Waals surface area contributed by atoms with Crippen LogP contribution < -0.4 is 0 Å². The predicted molar refractivity (Wildman–Crippen MR) is 76.5 cm³/mol. The second-order valence-corrected chi connectivity index (χ2v) is 5.45. The van der Waals surface area contributed by atoms with Gasteiger partial charge in [0.2, 0.25) is 0 Å². The summed E-state index contributed by atoms with van der Waals surface area (Å²) in [5.74, 6) is 0.665. The highest BCUT2D eigenvalue weighted by molar-refractivity contribution is 8.07. The van der Waals surface area contributed by atoms with Gasteiger partial charge in [-0.3, -0.25) is 0 Å². The van der Waals surface area contributed by atoms with E-state index < -0.39 is 0 Å². The zero-order valence-electron chi connectivity index (χ0n) is 10.0. The van der Waals surface area contributed by atoms with Crippen LogP contribution in [0.1, 0.15) is 11.1 Å². The fraction of sp³-hybridized carbons (Fsp3) is 0.143. The molecule has 0 atom stereocenters. The van der Waals surface area contributed by atoms with Crippen molar-refractivity contribution in [3.63, 3.8) is 0 Å². The van der Waals surface area contributed by atoms with E-state index in [1.165, 1.54) is 48.4 Å². The van der Waals surface area contributed by atoms with Gasteiger partial charge in [0.25, 0.3) is 0 Å². The molecule has 0 unspecified atom stereocenters. The molecule has 0 aliphatic heterocycles. The van der Waals surface area contributed by atoms with E-state index in [0.717, 1.165) is 11.1 Å². The average Bonchev–Trinajstić information content (AvgIpc) is 2.38. The van der Waals surface area contributed by atoms with E-state index in [-0.39, 0.29) is 11.6 Å². The maximum Gasteiger partial charge on any atom is 0.123 e. The van der Waals surface area contributed by atoms with E-state index in [2.05, 4.69) is 0 Å². The summed E-state index contributed by atoms with van der Waals surface area (Å²) in [6.45, 7) is 0. The van der Waals surface area contributed by atoms with Crippen molar-refractivity contribution >= 4 is 24.1 Å². The van der Waals surface area contributed by atoms with Gasteiger partial charge in [-0.25, -0.2) is 12.4 Å². The third kappa shape index (κ3) is 5.22. The molecule has 2 rings (SSSR count). The molecule has 1 nitrogen and oxygen atoms in total. The highest BCUT2D eigenvalue weighted by atomic mass is 32.2. The molecule has 0 heterocycles. The van der Waals surface area contributed by atoms with E-state index in [9.17, 15) is 8.78 Å². The molecule has 0 aliphatic rings. The zero-order valence-corrected chi connectivity index (χ0v) is 11.6. The SMILES string of the molecule is Fc1cccc(CSOSCc2cccc(F)c2)c1. The molecule has 2 aromatic carbocycles. The van der Waals surface area contributed by atoms with Crippen LogP contribution in [0.15, 0.2) is 48.5 Å². The fourth-order valence-electron chi connectivity index (χ4n) is 1.47. The average molecular weight is 298 g/mol. The van der Waals surface area contributed by atoms with Gasteiger partial charge in [-0.15, -0.1) is 0 Å². The molecule has 5 heteroatoms. The summed E-state index contributed by atoms with van der Waals surface area (Å²) in [7, 11) is 0. The Balaban J connectivity index is 1.67. The largest absolute Gasteiger partial charge is 0.247 e. The second kappa shape index (κ2) is 7.53. The first-order valence-corrected chi connectivity index (χ1v) is 7.46. The van der Waals surface area contributed by atoms with Crippen LogP contribution in [0, 0.1) is 11.6 Å². The Bertz CT molecular complexity index is 487. The zero-order chi connectivity index (χ0) is 13.5. The lowest BCUT2D eigenvalue weighted by atomic mass is 10.2. The quantitative estimate of drug-likeness (QED) is 0.550. The van der Waals surface area contributed by atoms with E-state index in [4.69, 9.17) is 3.63 Å². The van der Waals surface area contributed by atoms with Crippen molar-refractivity contribution < 1.29 is 12.4 Å². The summed E-state index contributed by atoms with van der Waals surface area (Å²) in [5, 5.41) is 0. The summed E-state index contributed by atoms with van der Waals surface area (Å²) < 4.78 is 31.1. The number of hydrogen-bond donors (Lipinski definition) is 0. The lowest BCUT2D eigenvalue weighted by molar-refractivity contribution is 0.626. The molecule has 0 bridgehead atoms. The van der Waals surface area contributed by atoms with Gasteiger partial charge in [-0.2, -0.15) is 0 Å². The van der Waals surface area contributed by atoms with Gasteiger partial charge in [0.05, 0.1) is 0 Å². The molecular weight excluding hydrogens is 286 g/mol. The fourth-order valence-corrected chi connectivity index (χ4v) is 2.76. The Labute approximate surface area is 119 Å². The minimum Gasteiger partial charge on any atom is -0.247 e. The monoisotopic (exact) mass is 298 g/mol. The Morgan fingerprint density at radius 1 is 0.789 bits per heavy atom. The van der Waals surface area contributed by atoms with E-state index in [1.807, 2.05) is 12.1 Å². The summed E-state index contributed by atoms with van der Waals surface area (Å²) in [5.41, 5.74) is 1.74. The molecule has 19 heavy (non-hydrogen) atoms. The summed E-state index contributed by atoms with van der Waals surface area (Å²) in [4.78, 5) is 0. The molecule has 0 saturated heterocycles. The first kappa shape index (κ1) is 14.4. The van der Waals surface area contributed by atoms with Crippen LogP contribution in [-0.4, -0.2) is 0 Å². The molecule has 100 valence electrons. The van der Waals surface area contributed by atoms with E-state index in [0.29, 0.717) is 11.5 Å². The molecule has 0 aromatic heterocycles. The Morgan fingerprint density at radius 3 is 1.68 bits per heavy atom. The van der Waals surface area contributed by atoms with Gasteiger partial charge >= 0.3 is 0 Å². The van der Waals surface area contributed by atoms with Crippen LogP contribution in [0.4, 0.5) is 8.78 Å². The van der Waals surface area contributed by atoms with Crippen molar-refractivity contribution in [3.8, 4) is 0 Å². The van der Waals surface area contributed by atoms with Crippen molar-refractivity contribution in [2.24, 2.45) is 0 Å². The van der Waals surface area contributed by atoms with Gasteiger partial charge in [0, 0.05) is 35.6 Å². The van der Waals surface area contributed by atoms with Crippen molar-refractivity contribution in [1.29, 1.82) is 0 Å². The summed E-state index contributed by atoms with van der Waals surface area (Å²) >= 11 is 2.48. The number of halogens is 2. The summed E-state index contributed by atoms with van der Waals surface area (Å²) in [6.07, 6.45) is 0. The highest BCUT2D eigenvalue weighted by Crippen LogP contribution is 2.23. The maximum absolute atomic E-state index is 12.9. The molecule has 0 aliphatic carbocycles. The van der Waals surface area contributed by atoms with Crippen molar-refractivity contribution in [2.45, 2.75) is 11.5 Å². The predicted octanol–water partition coefficient (Wildman–Crippen LogP) is 4.98. The lowest BCUT2D eigenvalue weighted by Crippen LogP contribution is -1.84. The van der Waals surface area contributed by atoms with Gasteiger partial charge in [-0.1, -0.05) is 24.3 Å². The van der Waals surface area contributed by atoms with Crippen molar-refractivity contribution in [2.75, 3.05) is 0 Å². The molecule has 0 amide bonds. The van der Waals surface area contributed by atoms with Crippen LogP contribution in [0.2, 0.25) is 0 Å². The first-order chi connectivity index (χ1) is 9.24. The van der Waals surface area contributed by atoms with Crippen molar-refractivity contribution in [1.82, 2.24) is 0 Å². The third-order valence-electron chi connectivity index (χ3n) is 2.33. The molecule has 0 saturated carbocycles. The third-order valence-corrected chi connectivity index (χ3v) is 4.00. The minimum absolute atomic E-state index is 0.245. The Morgan fingerprint density at radius 2 is 1.26 bits per heavy atom. The lowest BCUT2D eigenvalue weighted by Gasteiger charge is -2.02. The van der Waals surface area contributed by atoms with Gasteiger partial charge in [-0.05, 0) is 35.4 Å². The highest BCUT2D eigenvalue weighted by Gasteiger charge is 1.99. The van der Waals surface area contributed by atoms with Crippen LogP contribution in [0.25, 0.3) is 0 Å². The van der Waals surface area contributed by atoms with Crippen LogP contribution in [0.5, 0.6) is 0 Å². The number of benzene rings is 2. The van der Waals surface area contributed by atoms with E-state index >= 15 is 0 Å². The maximum atomic E-state index is 12.9. The Hall–Kier alpha value is -1.04. The minimum atomic E-state index is -0.245. The number of rotatable bonds is 6. The summed E-state index contributed by atoms with van der Waals surface area (Å²) in [6, 6.07) is 12.8. The molecule has 0 fully saturated rings. The van der Waals surface area contributed by atoms with Crippen LogP contribution in [0.3, 0.4) is 0 Å². The first-order valence-electron chi connectivity index (χ1n) is 5.64. The standard InChI is InChI=1S/C14H12F2OS2/c15-13-5-1-3-11(7-13)9-18-17-19-10-12-4-2-6-14(16)8-12/h1-8H,9-10H2. The van der Waals surface area contributed by atoms with Gasteiger partial charge in [0.1, 0.15) is 11.6 Å². The molecule has 0 spiro atoms.